The molecule has 0 aliphatic rings. The fourth-order valence-corrected chi connectivity index (χ4v) is 1.65. The molecule has 0 saturated heterocycles. The van der Waals surface area contributed by atoms with Crippen LogP contribution in [0, 0.1) is 5.82 Å². The first-order chi connectivity index (χ1) is 8.61. The zero-order valence-electron chi connectivity index (χ0n) is 10.2. The number of hydrogen-bond acceptors (Lipinski definition) is 3. The molecule has 5 heteroatoms. The third-order valence-electron chi connectivity index (χ3n) is 2.71. The number of halogens is 1. The van der Waals surface area contributed by atoms with E-state index >= 15 is 0 Å². The summed E-state index contributed by atoms with van der Waals surface area (Å²) in [6.45, 7) is 0. The molecule has 0 unspecified atom stereocenters. The third-order valence-corrected chi connectivity index (χ3v) is 2.71. The van der Waals surface area contributed by atoms with E-state index in [1.807, 2.05) is 7.05 Å². The van der Waals surface area contributed by atoms with Gasteiger partial charge in [-0.05, 0) is 18.2 Å². The maximum Gasteiger partial charge on any atom is 0.170 e. The number of aromatic nitrogens is 2. The van der Waals surface area contributed by atoms with E-state index in [0.717, 1.165) is 0 Å². The molecule has 1 aromatic carbocycles. The van der Waals surface area contributed by atoms with Gasteiger partial charge in [0.25, 0.3) is 0 Å². The third kappa shape index (κ3) is 2.40. The minimum atomic E-state index is -0.539. The molecule has 1 aromatic heterocycles. The van der Waals surface area contributed by atoms with Gasteiger partial charge >= 0.3 is 0 Å². The topological polar surface area (TPSA) is 44.1 Å². The number of imidazole rings is 1. The number of carbonyl (C=O) groups is 1. The van der Waals surface area contributed by atoms with Crippen molar-refractivity contribution in [2.45, 2.75) is 6.42 Å². The zero-order valence-corrected chi connectivity index (χ0v) is 10.2. The van der Waals surface area contributed by atoms with Crippen LogP contribution in [0.1, 0.15) is 16.2 Å². The minimum Gasteiger partial charge on any atom is -0.494 e. The van der Waals surface area contributed by atoms with Crippen LogP contribution >= 0.6 is 0 Å². The van der Waals surface area contributed by atoms with Gasteiger partial charge in [-0.1, -0.05) is 0 Å². The Hall–Kier alpha value is -2.17. The molecule has 0 aliphatic heterocycles. The highest BCUT2D eigenvalue weighted by atomic mass is 19.1. The van der Waals surface area contributed by atoms with Crippen molar-refractivity contribution in [2.24, 2.45) is 7.05 Å². The molecule has 0 amide bonds. The van der Waals surface area contributed by atoms with Crippen molar-refractivity contribution in [1.82, 2.24) is 9.55 Å². The van der Waals surface area contributed by atoms with Crippen molar-refractivity contribution in [3.63, 3.8) is 0 Å². The zero-order chi connectivity index (χ0) is 13.1. The van der Waals surface area contributed by atoms with E-state index < -0.39 is 5.82 Å². The molecular weight excluding hydrogens is 235 g/mol. The van der Waals surface area contributed by atoms with Crippen LogP contribution in [-0.4, -0.2) is 22.4 Å². The van der Waals surface area contributed by atoms with E-state index in [1.54, 1.807) is 23.0 Å². The van der Waals surface area contributed by atoms with Crippen molar-refractivity contribution in [3.05, 3.63) is 47.8 Å². The number of nitrogens with zero attached hydrogens (tertiary/aromatic N) is 2. The van der Waals surface area contributed by atoms with Crippen LogP contribution in [0.15, 0.2) is 30.6 Å². The van der Waals surface area contributed by atoms with Gasteiger partial charge in [-0.3, -0.25) is 4.79 Å². The van der Waals surface area contributed by atoms with Crippen molar-refractivity contribution in [2.75, 3.05) is 7.11 Å². The fourth-order valence-electron chi connectivity index (χ4n) is 1.65. The Balaban J connectivity index is 2.19. The SMILES string of the molecule is COc1ccc(C(=O)Cc2nccn2C)cc1F. The van der Waals surface area contributed by atoms with Gasteiger partial charge in [-0.25, -0.2) is 9.37 Å². The summed E-state index contributed by atoms with van der Waals surface area (Å²) >= 11 is 0. The molecule has 0 saturated carbocycles. The molecule has 0 spiro atoms. The van der Waals surface area contributed by atoms with E-state index in [2.05, 4.69) is 4.98 Å². The van der Waals surface area contributed by atoms with Crippen LogP contribution in [0.25, 0.3) is 0 Å². The smallest absolute Gasteiger partial charge is 0.170 e. The Kier molecular flexibility index (Phi) is 3.41. The molecule has 2 aromatic rings. The van der Waals surface area contributed by atoms with Crippen molar-refractivity contribution in [1.29, 1.82) is 0 Å². The Morgan fingerprint density at radius 2 is 2.28 bits per heavy atom. The van der Waals surface area contributed by atoms with Gasteiger partial charge in [0.15, 0.2) is 17.3 Å². The number of ketones is 1. The number of rotatable bonds is 4. The largest absolute Gasteiger partial charge is 0.494 e. The molecule has 0 fully saturated rings. The minimum absolute atomic E-state index is 0.128. The van der Waals surface area contributed by atoms with Crippen LogP contribution in [-0.2, 0) is 13.5 Å². The monoisotopic (exact) mass is 248 g/mol. The van der Waals surface area contributed by atoms with Gasteiger partial charge in [0.2, 0.25) is 0 Å². The first kappa shape index (κ1) is 12.3. The highest BCUT2D eigenvalue weighted by Gasteiger charge is 2.12. The molecule has 0 atom stereocenters. The fraction of sp³-hybridized carbons (Fsp3) is 0.231. The lowest BCUT2D eigenvalue weighted by Crippen LogP contribution is -2.08. The van der Waals surface area contributed by atoms with Gasteiger partial charge in [-0.2, -0.15) is 0 Å². The van der Waals surface area contributed by atoms with E-state index in [0.29, 0.717) is 11.4 Å². The molecule has 94 valence electrons. The molecule has 18 heavy (non-hydrogen) atoms. The molecule has 1 heterocycles. The highest BCUT2D eigenvalue weighted by molar-refractivity contribution is 5.97. The number of aryl methyl sites for hydroxylation is 1. The lowest BCUT2D eigenvalue weighted by atomic mass is 10.1. The lowest BCUT2D eigenvalue weighted by molar-refractivity contribution is 0.0989. The average Bonchev–Trinajstić information content (AvgIpc) is 2.75. The van der Waals surface area contributed by atoms with Gasteiger partial charge in [-0.15, -0.1) is 0 Å². The molecule has 0 aliphatic carbocycles. The predicted octanol–water partition coefficient (Wildman–Crippen LogP) is 1.99. The standard InChI is InChI=1S/C13H13FN2O2/c1-16-6-5-15-13(16)8-11(17)9-3-4-12(18-2)10(14)7-9/h3-7H,8H2,1-2H3. The van der Waals surface area contributed by atoms with Crippen LogP contribution in [0.3, 0.4) is 0 Å². The van der Waals surface area contributed by atoms with Crippen LogP contribution in [0.2, 0.25) is 0 Å². The summed E-state index contributed by atoms with van der Waals surface area (Å²) in [6.07, 6.45) is 3.53. The second kappa shape index (κ2) is 5.00. The lowest BCUT2D eigenvalue weighted by Gasteiger charge is -2.05. The maximum absolute atomic E-state index is 13.5. The number of hydrogen-bond donors (Lipinski definition) is 0. The van der Waals surface area contributed by atoms with Gasteiger partial charge in [0, 0.05) is 25.0 Å². The molecule has 4 nitrogen and oxygen atoms in total. The summed E-state index contributed by atoms with van der Waals surface area (Å²) in [4.78, 5) is 16.0. The first-order valence-electron chi connectivity index (χ1n) is 5.44. The highest BCUT2D eigenvalue weighted by Crippen LogP contribution is 2.18. The molecule has 0 bridgehead atoms. The van der Waals surface area contributed by atoms with Crippen molar-refractivity contribution >= 4 is 5.78 Å². The Morgan fingerprint density at radius 3 is 2.83 bits per heavy atom. The van der Waals surface area contributed by atoms with E-state index in [-0.39, 0.29) is 18.0 Å². The van der Waals surface area contributed by atoms with Crippen molar-refractivity contribution in [3.8, 4) is 5.75 Å². The number of methoxy groups -OCH3 is 1. The Bertz CT molecular complexity index is 578. The van der Waals surface area contributed by atoms with E-state index in [1.165, 1.54) is 19.2 Å². The number of Topliss-reactive ketones (excluding diaryl/α,β-unsaturated/α-hetero) is 1. The van der Waals surface area contributed by atoms with Crippen LogP contribution in [0.5, 0.6) is 5.75 Å². The normalized spacial score (nSPS) is 10.4. The average molecular weight is 248 g/mol. The summed E-state index contributed by atoms with van der Waals surface area (Å²) in [7, 11) is 3.19. The van der Waals surface area contributed by atoms with E-state index in [9.17, 15) is 9.18 Å². The number of carbonyl (C=O) groups excluding carboxylic acids is 1. The summed E-state index contributed by atoms with van der Waals surface area (Å²) in [6, 6.07) is 4.18. The predicted molar refractivity (Wildman–Crippen MR) is 64.2 cm³/mol. The molecule has 0 radical (unpaired) electrons. The van der Waals surface area contributed by atoms with E-state index in [4.69, 9.17) is 4.74 Å². The first-order valence-corrected chi connectivity index (χ1v) is 5.44. The molecular formula is C13H13FN2O2. The number of ether oxygens (including phenoxy) is 1. The second-order valence-corrected chi connectivity index (χ2v) is 3.90. The Morgan fingerprint density at radius 1 is 1.50 bits per heavy atom. The molecule has 2 rings (SSSR count). The van der Waals surface area contributed by atoms with Gasteiger partial charge in [0.05, 0.1) is 13.5 Å². The Labute approximate surface area is 104 Å². The quantitative estimate of drug-likeness (QED) is 0.777. The summed E-state index contributed by atoms with van der Waals surface area (Å²) in [5.41, 5.74) is 0.316. The number of benzene rings is 1. The summed E-state index contributed by atoms with van der Waals surface area (Å²) < 4.78 is 20.0. The summed E-state index contributed by atoms with van der Waals surface area (Å²) in [5, 5.41) is 0. The second-order valence-electron chi connectivity index (χ2n) is 3.90. The van der Waals surface area contributed by atoms with Crippen LogP contribution < -0.4 is 4.74 Å². The van der Waals surface area contributed by atoms with Gasteiger partial charge < -0.3 is 9.30 Å². The van der Waals surface area contributed by atoms with Crippen LogP contribution in [0.4, 0.5) is 4.39 Å². The van der Waals surface area contributed by atoms with Crippen molar-refractivity contribution < 1.29 is 13.9 Å². The van der Waals surface area contributed by atoms with Gasteiger partial charge in [0.1, 0.15) is 5.82 Å². The summed E-state index contributed by atoms with van der Waals surface area (Å²) in [5.74, 6) is 0.0637. The maximum atomic E-state index is 13.5. The molecule has 0 N–H and O–H groups in total.